The second kappa shape index (κ2) is 8.03. The minimum atomic E-state index is -0.447. The maximum atomic E-state index is 11.7. The van der Waals surface area contributed by atoms with Crippen molar-refractivity contribution in [1.82, 2.24) is 5.32 Å². The van der Waals surface area contributed by atoms with Crippen molar-refractivity contribution >= 4 is 5.97 Å². The molecule has 0 aliphatic heterocycles. The Morgan fingerprint density at radius 3 is 2.33 bits per heavy atom. The Labute approximate surface area is 127 Å². The lowest BCUT2D eigenvalue weighted by atomic mass is 9.82. The van der Waals surface area contributed by atoms with Crippen molar-refractivity contribution < 1.29 is 14.3 Å². The van der Waals surface area contributed by atoms with Gasteiger partial charge < -0.3 is 14.8 Å². The van der Waals surface area contributed by atoms with Crippen LogP contribution in [0.15, 0.2) is 24.3 Å². The fourth-order valence-electron chi connectivity index (χ4n) is 1.90. The van der Waals surface area contributed by atoms with Crippen LogP contribution >= 0.6 is 0 Å². The van der Waals surface area contributed by atoms with Crippen LogP contribution in [0, 0.1) is 0 Å². The lowest BCUT2D eigenvalue weighted by Gasteiger charge is -2.23. The average molecular weight is 293 g/mol. The van der Waals surface area contributed by atoms with Gasteiger partial charge in [-0.1, -0.05) is 32.9 Å². The van der Waals surface area contributed by atoms with E-state index in [0.29, 0.717) is 6.61 Å². The Morgan fingerprint density at radius 2 is 1.86 bits per heavy atom. The lowest BCUT2D eigenvalue weighted by molar-refractivity contribution is -0.146. The van der Waals surface area contributed by atoms with Crippen LogP contribution in [-0.2, 0) is 14.9 Å². The van der Waals surface area contributed by atoms with Crippen LogP contribution in [0.1, 0.15) is 39.7 Å². The van der Waals surface area contributed by atoms with Gasteiger partial charge in [0.2, 0.25) is 0 Å². The zero-order valence-electron chi connectivity index (χ0n) is 13.7. The SMILES string of the molecule is CCOC(=O)C(COc1ccc(C(C)(C)CC)cc1)NC. The van der Waals surface area contributed by atoms with Crippen molar-refractivity contribution in [1.29, 1.82) is 0 Å². The monoisotopic (exact) mass is 293 g/mol. The van der Waals surface area contributed by atoms with Gasteiger partial charge in [0, 0.05) is 0 Å². The Bertz CT molecular complexity index is 440. The molecule has 1 rings (SSSR count). The molecule has 0 aromatic heterocycles. The predicted molar refractivity (Wildman–Crippen MR) is 84.7 cm³/mol. The lowest BCUT2D eigenvalue weighted by Crippen LogP contribution is -2.40. The third-order valence-electron chi connectivity index (χ3n) is 3.86. The summed E-state index contributed by atoms with van der Waals surface area (Å²) in [5.41, 5.74) is 1.45. The van der Waals surface area contributed by atoms with Gasteiger partial charge in [-0.15, -0.1) is 0 Å². The number of ether oxygens (including phenoxy) is 2. The second-order valence-corrected chi connectivity index (χ2v) is 5.67. The van der Waals surface area contributed by atoms with Crippen molar-refractivity contribution in [3.05, 3.63) is 29.8 Å². The fraction of sp³-hybridized carbons (Fsp3) is 0.588. The van der Waals surface area contributed by atoms with E-state index >= 15 is 0 Å². The molecule has 0 amide bonds. The van der Waals surface area contributed by atoms with E-state index in [1.807, 2.05) is 12.1 Å². The smallest absolute Gasteiger partial charge is 0.326 e. The molecule has 0 radical (unpaired) electrons. The summed E-state index contributed by atoms with van der Waals surface area (Å²) >= 11 is 0. The topological polar surface area (TPSA) is 47.6 Å². The summed E-state index contributed by atoms with van der Waals surface area (Å²) in [4.78, 5) is 11.7. The highest BCUT2D eigenvalue weighted by molar-refractivity contribution is 5.75. The van der Waals surface area contributed by atoms with Crippen LogP contribution in [0.4, 0.5) is 0 Å². The van der Waals surface area contributed by atoms with Crippen molar-refractivity contribution in [2.24, 2.45) is 0 Å². The van der Waals surface area contributed by atoms with Crippen LogP contribution in [-0.4, -0.2) is 32.3 Å². The van der Waals surface area contributed by atoms with Gasteiger partial charge in [-0.2, -0.15) is 0 Å². The largest absolute Gasteiger partial charge is 0.491 e. The van der Waals surface area contributed by atoms with Gasteiger partial charge in [-0.05, 0) is 43.5 Å². The summed E-state index contributed by atoms with van der Waals surface area (Å²) in [7, 11) is 1.72. The maximum Gasteiger partial charge on any atom is 0.326 e. The Morgan fingerprint density at radius 1 is 1.24 bits per heavy atom. The number of carbonyl (C=O) groups is 1. The Balaban J connectivity index is 2.62. The molecular weight excluding hydrogens is 266 g/mol. The number of nitrogens with one attached hydrogen (secondary N) is 1. The highest BCUT2D eigenvalue weighted by Crippen LogP contribution is 2.28. The van der Waals surface area contributed by atoms with Crippen LogP contribution in [0.2, 0.25) is 0 Å². The zero-order chi connectivity index (χ0) is 15.9. The first-order valence-electron chi connectivity index (χ1n) is 7.51. The Hall–Kier alpha value is -1.55. The quantitative estimate of drug-likeness (QED) is 0.749. The molecule has 0 aliphatic rings. The maximum absolute atomic E-state index is 11.7. The molecule has 0 spiro atoms. The molecule has 1 aromatic rings. The third-order valence-corrected chi connectivity index (χ3v) is 3.86. The van der Waals surface area contributed by atoms with Crippen molar-refractivity contribution in [2.45, 2.75) is 45.6 Å². The minimum absolute atomic E-state index is 0.164. The van der Waals surface area contributed by atoms with E-state index in [1.165, 1.54) is 5.56 Å². The molecule has 0 aliphatic carbocycles. The molecule has 21 heavy (non-hydrogen) atoms. The molecule has 0 heterocycles. The van der Waals surface area contributed by atoms with E-state index in [0.717, 1.165) is 12.2 Å². The van der Waals surface area contributed by atoms with Crippen LogP contribution in [0.3, 0.4) is 0 Å². The molecule has 4 nitrogen and oxygen atoms in total. The van der Waals surface area contributed by atoms with E-state index in [-0.39, 0.29) is 18.0 Å². The van der Waals surface area contributed by atoms with E-state index in [4.69, 9.17) is 9.47 Å². The molecule has 1 aromatic carbocycles. The van der Waals surface area contributed by atoms with E-state index < -0.39 is 6.04 Å². The summed E-state index contributed by atoms with van der Waals surface area (Å²) in [6, 6.07) is 7.61. The standard InChI is InChI=1S/C17H27NO3/c1-6-17(3,4)13-8-10-14(11-9-13)21-12-15(18-5)16(19)20-7-2/h8-11,15,18H,6-7,12H2,1-5H3. The predicted octanol–water partition coefficient (Wildman–Crippen LogP) is 2.90. The van der Waals surface area contributed by atoms with E-state index in [1.54, 1.807) is 14.0 Å². The molecule has 1 unspecified atom stereocenters. The summed E-state index contributed by atoms with van der Waals surface area (Å²) < 4.78 is 10.6. The first-order valence-corrected chi connectivity index (χ1v) is 7.51. The zero-order valence-corrected chi connectivity index (χ0v) is 13.7. The van der Waals surface area contributed by atoms with Gasteiger partial charge in [0.15, 0.2) is 0 Å². The molecule has 4 heteroatoms. The minimum Gasteiger partial charge on any atom is -0.491 e. The van der Waals surface area contributed by atoms with Crippen LogP contribution in [0.5, 0.6) is 5.75 Å². The van der Waals surface area contributed by atoms with Gasteiger partial charge in [0.05, 0.1) is 6.61 Å². The summed E-state index contributed by atoms with van der Waals surface area (Å²) in [5.74, 6) is 0.471. The van der Waals surface area contributed by atoms with Crippen LogP contribution in [0.25, 0.3) is 0 Å². The highest BCUT2D eigenvalue weighted by atomic mass is 16.5. The molecule has 0 bridgehead atoms. The summed E-state index contributed by atoms with van der Waals surface area (Å²) in [6.45, 7) is 9.05. The van der Waals surface area contributed by atoms with Gasteiger partial charge in [0.1, 0.15) is 18.4 Å². The summed E-state index contributed by atoms with van der Waals surface area (Å²) in [5, 5.41) is 2.90. The van der Waals surface area contributed by atoms with Crippen LogP contribution < -0.4 is 10.1 Å². The summed E-state index contributed by atoms with van der Waals surface area (Å²) in [6.07, 6.45) is 1.08. The third kappa shape index (κ3) is 5.05. The molecule has 0 fully saturated rings. The molecule has 1 atom stereocenters. The fourth-order valence-corrected chi connectivity index (χ4v) is 1.90. The highest BCUT2D eigenvalue weighted by Gasteiger charge is 2.19. The molecule has 118 valence electrons. The van der Waals surface area contributed by atoms with Gasteiger partial charge >= 0.3 is 5.97 Å². The van der Waals surface area contributed by atoms with Gasteiger partial charge in [-0.3, -0.25) is 4.79 Å². The molecule has 0 saturated carbocycles. The van der Waals surface area contributed by atoms with Gasteiger partial charge in [0.25, 0.3) is 0 Å². The molecular formula is C17H27NO3. The normalized spacial score (nSPS) is 12.8. The molecule has 0 saturated heterocycles. The Kier molecular flexibility index (Phi) is 6.69. The van der Waals surface area contributed by atoms with E-state index in [2.05, 4.69) is 38.2 Å². The second-order valence-electron chi connectivity index (χ2n) is 5.67. The molecule has 1 N–H and O–H groups in total. The average Bonchev–Trinajstić information content (AvgIpc) is 2.48. The first-order chi connectivity index (χ1) is 9.94. The van der Waals surface area contributed by atoms with E-state index in [9.17, 15) is 4.79 Å². The first kappa shape index (κ1) is 17.5. The number of benzene rings is 1. The number of esters is 1. The number of rotatable bonds is 8. The van der Waals surface area contributed by atoms with Crippen molar-refractivity contribution in [3.63, 3.8) is 0 Å². The van der Waals surface area contributed by atoms with Crippen molar-refractivity contribution in [3.8, 4) is 5.75 Å². The number of carbonyl (C=O) groups excluding carboxylic acids is 1. The van der Waals surface area contributed by atoms with Crippen molar-refractivity contribution in [2.75, 3.05) is 20.3 Å². The van der Waals surface area contributed by atoms with Gasteiger partial charge in [-0.25, -0.2) is 0 Å². The number of likely N-dealkylation sites (N-methyl/N-ethyl adjacent to an activating group) is 1. The number of hydrogen-bond donors (Lipinski definition) is 1. The number of hydrogen-bond acceptors (Lipinski definition) is 4.